The van der Waals surface area contributed by atoms with Gasteiger partial charge in [-0.1, -0.05) is 72.8 Å². The molecular formula is C29H20O4. The van der Waals surface area contributed by atoms with Crippen LogP contribution in [0.3, 0.4) is 0 Å². The minimum Gasteiger partial charge on any atom is -0.507 e. The minimum atomic E-state index is -0.501. The van der Waals surface area contributed by atoms with Crippen LogP contribution in [0.25, 0.3) is 32.7 Å². The molecule has 5 aromatic rings. The minimum absolute atomic E-state index is 0.130. The summed E-state index contributed by atoms with van der Waals surface area (Å²) in [6, 6.07) is 29.3. The number of carbonyl (C=O) groups is 2. The van der Waals surface area contributed by atoms with E-state index in [1.165, 1.54) is 6.92 Å². The van der Waals surface area contributed by atoms with Gasteiger partial charge in [0.15, 0.2) is 5.78 Å². The molecule has 0 aliphatic heterocycles. The molecule has 0 saturated heterocycles. The van der Waals surface area contributed by atoms with Gasteiger partial charge in [-0.15, -0.1) is 0 Å². The second-order valence-corrected chi connectivity index (χ2v) is 7.84. The van der Waals surface area contributed by atoms with Gasteiger partial charge >= 0.3 is 5.97 Å². The van der Waals surface area contributed by atoms with Gasteiger partial charge in [0.1, 0.15) is 11.5 Å². The van der Waals surface area contributed by atoms with E-state index < -0.39 is 5.97 Å². The Bertz CT molecular complexity index is 1530. The lowest BCUT2D eigenvalue weighted by Gasteiger charge is -2.18. The van der Waals surface area contributed by atoms with E-state index in [0.29, 0.717) is 22.4 Å². The molecule has 4 nitrogen and oxygen atoms in total. The molecule has 0 radical (unpaired) electrons. The molecule has 0 atom stereocenters. The van der Waals surface area contributed by atoms with Crippen LogP contribution in [0.1, 0.15) is 27.6 Å². The zero-order valence-corrected chi connectivity index (χ0v) is 17.9. The topological polar surface area (TPSA) is 63.6 Å². The fraction of sp³-hybridized carbons (Fsp3) is 0.0345. The number of fused-ring (bicyclic) bond motifs is 2. The second-order valence-electron chi connectivity index (χ2n) is 7.84. The largest absolute Gasteiger partial charge is 0.507 e. The standard InChI is InChI=1S/C29H20O4/c1-18(30)24-17-21-12-6-8-14-23(21)27(28(24)31)26-22-13-7-5-9-19(22)15-16-25(26)33-29(32)20-10-3-2-4-11-20/h2-17,31H,1H3. The molecule has 5 rings (SSSR count). The predicted molar refractivity (Wildman–Crippen MR) is 130 cm³/mol. The molecule has 0 fully saturated rings. The van der Waals surface area contributed by atoms with E-state index in [4.69, 9.17) is 4.74 Å². The van der Waals surface area contributed by atoms with E-state index in [0.717, 1.165) is 21.5 Å². The molecule has 0 aliphatic rings. The Balaban J connectivity index is 1.84. The van der Waals surface area contributed by atoms with E-state index in [-0.39, 0.29) is 17.1 Å². The molecule has 33 heavy (non-hydrogen) atoms. The van der Waals surface area contributed by atoms with Crippen molar-refractivity contribution in [1.82, 2.24) is 0 Å². The van der Waals surface area contributed by atoms with E-state index in [2.05, 4.69) is 0 Å². The number of hydrogen-bond acceptors (Lipinski definition) is 4. The van der Waals surface area contributed by atoms with Crippen molar-refractivity contribution < 1.29 is 19.4 Å². The van der Waals surface area contributed by atoms with Crippen molar-refractivity contribution >= 4 is 33.3 Å². The highest BCUT2D eigenvalue weighted by Crippen LogP contribution is 2.46. The van der Waals surface area contributed by atoms with Crippen molar-refractivity contribution in [3.8, 4) is 22.6 Å². The molecular weight excluding hydrogens is 412 g/mol. The molecule has 1 N–H and O–H groups in total. The van der Waals surface area contributed by atoms with Gasteiger partial charge in [0.25, 0.3) is 0 Å². The Morgan fingerprint density at radius 2 is 1.30 bits per heavy atom. The summed E-state index contributed by atoms with van der Waals surface area (Å²) in [6.45, 7) is 1.42. The van der Waals surface area contributed by atoms with Crippen LogP contribution in [0, 0.1) is 0 Å². The monoisotopic (exact) mass is 432 g/mol. The first-order chi connectivity index (χ1) is 16.0. The van der Waals surface area contributed by atoms with E-state index >= 15 is 0 Å². The van der Waals surface area contributed by atoms with E-state index in [1.54, 1.807) is 36.4 Å². The molecule has 5 aromatic carbocycles. The first-order valence-electron chi connectivity index (χ1n) is 10.6. The molecule has 160 valence electrons. The van der Waals surface area contributed by atoms with Crippen molar-refractivity contribution in [2.45, 2.75) is 6.92 Å². The summed E-state index contributed by atoms with van der Waals surface area (Å²) in [5.74, 6) is -0.570. The molecule has 4 heteroatoms. The number of phenolic OH excluding ortho intramolecular Hbond substituents is 1. The molecule has 0 saturated carbocycles. The van der Waals surface area contributed by atoms with Crippen LogP contribution in [0.4, 0.5) is 0 Å². The Hall–Kier alpha value is -4.44. The van der Waals surface area contributed by atoms with Crippen molar-refractivity contribution in [3.05, 3.63) is 108 Å². The van der Waals surface area contributed by atoms with Crippen LogP contribution in [0.2, 0.25) is 0 Å². The van der Waals surface area contributed by atoms with Crippen molar-refractivity contribution in [2.24, 2.45) is 0 Å². The molecule has 0 heterocycles. The number of carbonyl (C=O) groups excluding carboxylic acids is 2. The summed E-state index contributed by atoms with van der Waals surface area (Å²) in [5.41, 5.74) is 1.67. The molecule has 0 amide bonds. The summed E-state index contributed by atoms with van der Waals surface area (Å²) >= 11 is 0. The lowest BCUT2D eigenvalue weighted by Crippen LogP contribution is -2.09. The Labute approximate surface area is 190 Å². The van der Waals surface area contributed by atoms with Crippen molar-refractivity contribution in [2.75, 3.05) is 0 Å². The smallest absolute Gasteiger partial charge is 0.343 e. The van der Waals surface area contributed by atoms with Crippen molar-refractivity contribution in [3.63, 3.8) is 0 Å². The van der Waals surface area contributed by atoms with Gasteiger partial charge in [0, 0.05) is 11.1 Å². The van der Waals surface area contributed by atoms with Gasteiger partial charge in [0.05, 0.1) is 11.1 Å². The van der Waals surface area contributed by atoms with Gasteiger partial charge in [-0.05, 0) is 52.7 Å². The third-order valence-electron chi connectivity index (χ3n) is 5.75. The first kappa shape index (κ1) is 20.5. The zero-order valence-electron chi connectivity index (χ0n) is 17.9. The number of benzene rings is 5. The average Bonchev–Trinajstić information content (AvgIpc) is 2.84. The molecule has 0 unspecified atom stereocenters. The summed E-state index contributed by atoms with van der Waals surface area (Å²) in [7, 11) is 0. The summed E-state index contributed by atoms with van der Waals surface area (Å²) in [5, 5.41) is 14.6. The molecule has 0 bridgehead atoms. The van der Waals surface area contributed by atoms with Gasteiger partial charge in [0.2, 0.25) is 0 Å². The van der Waals surface area contributed by atoms with Crippen LogP contribution in [-0.2, 0) is 0 Å². The Kier molecular flexibility index (Phi) is 5.11. The normalized spacial score (nSPS) is 10.9. The lowest BCUT2D eigenvalue weighted by atomic mass is 9.89. The van der Waals surface area contributed by atoms with Crippen LogP contribution in [0.5, 0.6) is 11.5 Å². The first-order valence-corrected chi connectivity index (χ1v) is 10.6. The predicted octanol–water partition coefficient (Wildman–Crippen LogP) is 6.79. The number of phenols is 1. The maximum absolute atomic E-state index is 12.9. The number of ketones is 1. The Morgan fingerprint density at radius 1 is 0.697 bits per heavy atom. The third kappa shape index (κ3) is 3.62. The lowest BCUT2D eigenvalue weighted by molar-refractivity contribution is 0.0735. The van der Waals surface area contributed by atoms with Gasteiger partial charge in [-0.2, -0.15) is 0 Å². The zero-order chi connectivity index (χ0) is 22.9. The maximum atomic E-state index is 12.9. The number of ether oxygens (including phenoxy) is 1. The fourth-order valence-corrected chi connectivity index (χ4v) is 4.19. The average molecular weight is 432 g/mol. The number of hydrogen-bond donors (Lipinski definition) is 1. The van der Waals surface area contributed by atoms with Gasteiger partial charge in [-0.25, -0.2) is 4.79 Å². The van der Waals surface area contributed by atoms with Gasteiger partial charge < -0.3 is 9.84 Å². The van der Waals surface area contributed by atoms with Crippen LogP contribution in [-0.4, -0.2) is 16.9 Å². The molecule has 0 spiro atoms. The summed E-state index contributed by atoms with van der Waals surface area (Å²) < 4.78 is 5.86. The third-order valence-corrected chi connectivity index (χ3v) is 5.75. The number of Topliss-reactive ketones (excluding diaryl/α,β-unsaturated/α-hetero) is 1. The van der Waals surface area contributed by atoms with Crippen LogP contribution >= 0.6 is 0 Å². The van der Waals surface area contributed by atoms with E-state index in [9.17, 15) is 14.7 Å². The number of esters is 1. The molecule has 0 aromatic heterocycles. The second kappa shape index (κ2) is 8.24. The summed E-state index contributed by atoms with van der Waals surface area (Å²) in [6.07, 6.45) is 0. The highest BCUT2D eigenvalue weighted by Gasteiger charge is 2.23. The number of rotatable bonds is 4. The van der Waals surface area contributed by atoms with Gasteiger partial charge in [-0.3, -0.25) is 4.79 Å². The van der Waals surface area contributed by atoms with Crippen LogP contribution < -0.4 is 4.74 Å². The quantitative estimate of drug-likeness (QED) is 0.193. The highest BCUT2D eigenvalue weighted by molar-refractivity contribution is 6.14. The SMILES string of the molecule is CC(=O)c1cc2ccccc2c(-c2c(OC(=O)c3ccccc3)ccc3ccccc23)c1O. The van der Waals surface area contributed by atoms with Crippen molar-refractivity contribution in [1.29, 1.82) is 0 Å². The van der Waals surface area contributed by atoms with Crippen LogP contribution in [0.15, 0.2) is 97.1 Å². The van der Waals surface area contributed by atoms with E-state index in [1.807, 2.05) is 60.7 Å². The summed E-state index contributed by atoms with van der Waals surface area (Å²) in [4.78, 5) is 25.3. The number of aromatic hydroxyl groups is 1. The highest BCUT2D eigenvalue weighted by atomic mass is 16.5. The molecule has 0 aliphatic carbocycles. The fourth-order valence-electron chi connectivity index (χ4n) is 4.19. The maximum Gasteiger partial charge on any atom is 0.343 e. The Morgan fingerprint density at radius 3 is 2.00 bits per heavy atom.